The molecular weight excluding hydrogens is 341 g/mol. The molecule has 0 aromatic carbocycles. The van der Waals surface area contributed by atoms with E-state index in [1.165, 1.54) is 0 Å². The van der Waals surface area contributed by atoms with E-state index < -0.39 is 24.0 Å². The summed E-state index contributed by atoms with van der Waals surface area (Å²) in [4.78, 5) is 23.0. The van der Waals surface area contributed by atoms with Gasteiger partial charge in [0.2, 0.25) is 0 Å². The lowest BCUT2D eigenvalue weighted by Gasteiger charge is -2.29. The first-order chi connectivity index (χ1) is 8.61. The molecule has 0 bridgehead atoms. The van der Waals surface area contributed by atoms with Crippen LogP contribution in [0.3, 0.4) is 0 Å². The molecule has 0 aromatic heterocycles. The maximum Gasteiger partial charge on any atom is 0.463 e. The van der Waals surface area contributed by atoms with Crippen molar-refractivity contribution in [2.45, 2.75) is 37.4 Å². The zero-order valence-electron chi connectivity index (χ0n) is 9.64. The third kappa shape index (κ3) is 3.43. The Kier molecular flexibility index (Phi) is 4.91. The van der Waals surface area contributed by atoms with Gasteiger partial charge < -0.3 is 4.90 Å². The van der Waals surface area contributed by atoms with Crippen molar-refractivity contribution < 1.29 is 31.5 Å². The van der Waals surface area contributed by atoms with Gasteiger partial charge >= 0.3 is 18.0 Å². The number of halogens is 6. The third-order valence-electron chi connectivity index (χ3n) is 2.87. The molecule has 1 unspecified atom stereocenters. The van der Waals surface area contributed by atoms with E-state index in [9.17, 15) is 31.5 Å². The monoisotopic (exact) mass is 351 g/mol. The highest BCUT2D eigenvalue weighted by molar-refractivity contribution is 9.09. The molecule has 1 saturated heterocycles. The highest BCUT2D eigenvalue weighted by Gasteiger charge is 2.65. The van der Waals surface area contributed by atoms with Crippen molar-refractivity contribution in [2.75, 3.05) is 11.9 Å². The van der Waals surface area contributed by atoms with Crippen molar-refractivity contribution >= 4 is 27.6 Å². The number of nitrogens with zero attached hydrogens (tertiary/aromatic N) is 1. The quantitative estimate of drug-likeness (QED) is 0.576. The van der Waals surface area contributed by atoms with Gasteiger partial charge in [-0.1, -0.05) is 15.9 Å². The van der Waals surface area contributed by atoms with Gasteiger partial charge in [-0.05, 0) is 12.8 Å². The predicted octanol–water partition coefficient (Wildman–Crippen LogP) is 2.53. The fourth-order valence-electron chi connectivity index (χ4n) is 1.93. The summed E-state index contributed by atoms with van der Waals surface area (Å²) in [6.07, 6.45) is -5.58. The molecule has 3 nitrogen and oxygen atoms in total. The van der Waals surface area contributed by atoms with E-state index in [1.807, 2.05) is 0 Å². The lowest BCUT2D eigenvalue weighted by atomic mass is 10.1. The molecule has 1 heterocycles. The Hall–Kier alpha value is -0.730. The molecule has 0 aromatic rings. The third-order valence-corrected chi connectivity index (χ3v) is 3.50. The van der Waals surface area contributed by atoms with E-state index >= 15 is 0 Å². The minimum atomic E-state index is -5.92. The van der Waals surface area contributed by atoms with E-state index in [0.29, 0.717) is 11.3 Å². The first kappa shape index (κ1) is 16.3. The van der Waals surface area contributed by atoms with Gasteiger partial charge in [0.15, 0.2) is 0 Å². The summed E-state index contributed by atoms with van der Waals surface area (Å²) >= 11 is 2.87. The molecule has 1 amide bonds. The normalized spacial score (nSPS) is 20.7. The van der Waals surface area contributed by atoms with Crippen molar-refractivity contribution in [3.8, 4) is 0 Å². The molecule has 110 valence electrons. The van der Waals surface area contributed by atoms with E-state index in [-0.39, 0.29) is 30.5 Å². The number of ketones is 1. The summed E-state index contributed by atoms with van der Waals surface area (Å²) in [5.41, 5.74) is 0. The van der Waals surface area contributed by atoms with Crippen LogP contribution in [0.2, 0.25) is 0 Å². The molecule has 1 rings (SSSR count). The Balaban J connectivity index is 2.84. The standard InChI is InChI=1S/C10H11BrF5NO2/c11-5-7(18)4-6-2-1-3-17(6)8(19)9(12,13)10(14,15)16/h6H,1-5H2. The summed E-state index contributed by atoms with van der Waals surface area (Å²) in [5, 5.41) is -0.0266. The second-order valence-corrected chi connectivity index (χ2v) is 4.80. The molecule has 1 fully saturated rings. The van der Waals surface area contributed by atoms with E-state index in [4.69, 9.17) is 0 Å². The topological polar surface area (TPSA) is 37.4 Å². The van der Waals surface area contributed by atoms with Gasteiger partial charge in [-0.15, -0.1) is 0 Å². The van der Waals surface area contributed by atoms with Crippen LogP contribution < -0.4 is 0 Å². The molecule has 1 aliphatic heterocycles. The largest absolute Gasteiger partial charge is 0.463 e. The maximum atomic E-state index is 13.0. The molecule has 1 atom stereocenters. The molecule has 19 heavy (non-hydrogen) atoms. The van der Waals surface area contributed by atoms with Crippen LogP contribution in [-0.4, -0.2) is 46.6 Å². The Morgan fingerprint density at radius 3 is 2.26 bits per heavy atom. The molecule has 0 saturated carbocycles. The molecule has 0 spiro atoms. The van der Waals surface area contributed by atoms with Gasteiger partial charge in [-0.25, -0.2) is 0 Å². The SMILES string of the molecule is O=C(CBr)CC1CCCN1C(=O)C(F)(F)C(F)(F)F. The van der Waals surface area contributed by atoms with E-state index in [2.05, 4.69) is 15.9 Å². The van der Waals surface area contributed by atoms with E-state index in [1.54, 1.807) is 0 Å². The number of amides is 1. The van der Waals surface area contributed by atoms with Crippen molar-refractivity contribution in [3.05, 3.63) is 0 Å². The van der Waals surface area contributed by atoms with Gasteiger partial charge in [0.25, 0.3) is 0 Å². The number of likely N-dealkylation sites (tertiary alicyclic amines) is 1. The number of carbonyl (C=O) groups is 2. The summed E-state index contributed by atoms with van der Waals surface area (Å²) in [5.74, 6) is -8.03. The van der Waals surface area contributed by atoms with Crippen LogP contribution >= 0.6 is 15.9 Å². The zero-order valence-corrected chi connectivity index (χ0v) is 11.2. The Labute approximate surface area is 114 Å². The van der Waals surface area contributed by atoms with Gasteiger partial charge in [-0.3, -0.25) is 9.59 Å². The number of Topliss-reactive ketones (excluding diaryl/α,β-unsaturated/α-hetero) is 1. The Bertz CT molecular complexity index is 371. The lowest BCUT2D eigenvalue weighted by Crippen LogP contribution is -2.53. The average Bonchev–Trinajstić information content (AvgIpc) is 2.74. The Morgan fingerprint density at radius 1 is 1.21 bits per heavy atom. The fraction of sp³-hybridized carbons (Fsp3) is 0.800. The summed E-state index contributed by atoms with van der Waals surface area (Å²) in [6.45, 7) is -0.190. The van der Waals surface area contributed by atoms with Crippen molar-refractivity contribution in [2.24, 2.45) is 0 Å². The molecule has 0 N–H and O–H groups in total. The second kappa shape index (κ2) is 5.72. The summed E-state index contributed by atoms with van der Waals surface area (Å²) < 4.78 is 62.3. The van der Waals surface area contributed by atoms with Crippen LogP contribution in [-0.2, 0) is 9.59 Å². The number of alkyl halides is 6. The first-order valence-corrected chi connectivity index (χ1v) is 6.56. The van der Waals surface area contributed by atoms with Crippen molar-refractivity contribution in [1.29, 1.82) is 0 Å². The highest BCUT2D eigenvalue weighted by atomic mass is 79.9. The number of hydrogen-bond donors (Lipinski definition) is 0. The highest BCUT2D eigenvalue weighted by Crippen LogP contribution is 2.38. The smallest absolute Gasteiger partial charge is 0.334 e. The van der Waals surface area contributed by atoms with Gasteiger partial charge in [-0.2, -0.15) is 22.0 Å². The average molecular weight is 352 g/mol. The molecule has 0 aliphatic carbocycles. The van der Waals surface area contributed by atoms with Crippen LogP contribution in [0.15, 0.2) is 0 Å². The van der Waals surface area contributed by atoms with Crippen LogP contribution in [0.1, 0.15) is 19.3 Å². The molecular formula is C10H11BrF5NO2. The molecule has 1 aliphatic rings. The Morgan fingerprint density at radius 2 is 1.79 bits per heavy atom. The maximum absolute atomic E-state index is 13.0. The molecule has 9 heteroatoms. The van der Waals surface area contributed by atoms with Crippen molar-refractivity contribution in [1.82, 2.24) is 4.90 Å². The van der Waals surface area contributed by atoms with Crippen LogP contribution in [0.5, 0.6) is 0 Å². The summed E-state index contributed by atoms with van der Waals surface area (Å²) in [6, 6.07) is -0.884. The summed E-state index contributed by atoms with van der Waals surface area (Å²) in [7, 11) is 0. The minimum absolute atomic E-state index is 0.0266. The van der Waals surface area contributed by atoms with Gasteiger partial charge in [0, 0.05) is 19.0 Å². The fourth-order valence-corrected chi connectivity index (χ4v) is 2.16. The lowest BCUT2D eigenvalue weighted by molar-refractivity contribution is -0.274. The van der Waals surface area contributed by atoms with Crippen molar-refractivity contribution in [3.63, 3.8) is 0 Å². The van der Waals surface area contributed by atoms with E-state index in [0.717, 1.165) is 0 Å². The number of rotatable bonds is 4. The van der Waals surface area contributed by atoms with Gasteiger partial charge in [0.1, 0.15) is 5.78 Å². The zero-order chi connectivity index (χ0) is 14.8. The minimum Gasteiger partial charge on any atom is -0.334 e. The van der Waals surface area contributed by atoms with Crippen LogP contribution in [0.4, 0.5) is 22.0 Å². The van der Waals surface area contributed by atoms with Crippen LogP contribution in [0, 0.1) is 0 Å². The van der Waals surface area contributed by atoms with Gasteiger partial charge in [0.05, 0.1) is 5.33 Å². The first-order valence-electron chi connectivity index (χ1n) is 5.44. The predicted molar refractivity (Wildman–Crippen MR) is 59.2 cm³/mol. The number of hydrogen-bond acceptors (Lipinski definition) is 2. The molecule has 0 radical (unpaired) electrons. The second-order valence-electron chi connectivity index (χ2n) is 4.24. The number of carbonyl (C=O) groups excluding carboxylic acids is 2. The van der Waals surface area contributed by atoms with Crippen LogP contribution in [0.25, 0.3) is 0 Å².